The molecule has 0 bridgehead atoms. The third kappa shape index (κ3) is 2.93. The first kappa shape index (κ1) is 16.6. The molecule has 0 atom stereocenters. The summed E-state index contributed by atoms with van der Waals surface area (Å²) in [5, 5.41) is 2.62. The van der Waals surface area contributed by atoms with Crippen LogP contribution in [0.2, 0.25) is 0 Å². The van der Waals surface area contributed by atoms with Gasteiger partial charge in [0.2, 0.25) is 0 Å². The van der Waals surface area contributed by atoms with Gasteiger partial charge in [-0.05, 0) is 5.56 Å². The predicted molar refractivity (Wildman–Crippen MR) is 91.0 cm³/mol. The van der Waals surface area contributed by atoms with Gasteiger partial charge in [-0.3, -0.25) is 23.5 Å². The lowest BCUT2D eigenvalue weighted by Crippen LogP contribution is -2.43. The fourth-order valence-electron chi connectivity index (χ4n) is 2.63. The van der Waals surface area contributed by atoms with Crippen molar-refractivity contribution in [1.29, 1.82) is 0 Å². The van der Waals surface area contributed by atoms with Gasteiger partial charge in [0, 0.05) is 20.6 Å². The number of hydrogen-bond acceptors (Lipinski definition) is 5. The Bertz CT molecular complexity index is 1020. The molecule has 1 aliphatic rings. The van der Waals surface area contributed by atoms with E-state index in [1.165, 1.54) is 18.7 Å². The fourth-order valence-corrected chi connectivity index (χ4v) is 2.63. The van der Waals surface area contributed by atoms with Crippen LogP contribution in [0.25, 0.3) is 0 Å². The third-order valence-electron chi connectivity index (χ3n) is 4.09. The van der Waals surface area contributed by atoms with E-state index in [2.05, 4.69) is 10.3 Å². The lowest BCUT2D eigenvalue weighted by Gasteiger charge is -2.17. The summed E-state index contributed by atoms with van der Waals surface area (Å²) in [6.07, 6.45) is -0.214. The maximum Gasteiger partial charge on any atom is 0.330 e. The Labute approximate surface area is 142 Å². The largest absolute Gasteiger partial charge is 0.347 e. The molecule has 1 amide bonds. The maximum atomic E-state index is 12.3. The van der Waals surface area contributed by atoms with Gasteiger partial charge in [0.1, 0.15) is 5.69 Å². The Morgan fingerprint density at radius 1 is 1.12 bits per heavy atom. The number of nitrogens with zero attached hydrogens (tertiary/aromatic N) is 3. The van der Waals surface area contributed by atoms with Crippen LogP contribution in [0.5, 0.6) is 0 Å². The van der Waals surface area contributed by atoms with Crippen molar-refractivity contribution in [2.45, 2.75) is 13.0 Å². The Morgan fingerprint density at radius 2 is 1.80 bits per heavy atom. The molecule has 1 aromatic heterocycles. The summed E-state index contributed by atoms with van der Waals surface area (Å²) < 4.78 is 2.11. The van der Waals surface area contributed by atoms with Crippen LogP contribution in [-0.4, -0.2) is 26.5 Å². The lowest BCUT2D eigenvalue weighted by atomic mass is 10.0. The van der Waals surface area contributed by atoms with Gasteiger partial charge in [0.05, 0.1) is 12.1 Å². The van der Waals surface area contributed by atoms with Crippen LogP contribution in [0.4, 0.5) is 5.69 Å². The van der Waals surface area contributed by atoms with Gasteiger partial charge in [0.15, 0.2) is 11.5 Å². The minimum atomic E-state index is -0.643. The lowest BCUT2D eigenvalue weighted by molar-refractivity contribution is -0.118. The highest BCUT2D eigenvalue weighted by Crippen LogP contribution is 2.18. The van der Waals surface area contributed by atoms with Gasteiger partial charge in [-0.2, -0.15) is 0 Å². The second-order valence-corrected chi connectivity index (χ2v) is 5.73. The zero-order chi connectivity index (χ0) is 18.1. The summed E-state index contributed by atoms with van der Waals surface area (Å²) in [6, 6.07) is 9.21. The Balaban J connectivity index is 1.94. The number of aromatic nitrogens is 2. The van der Waals surface area contributed by atoms with E-state index in [0.717, 1.165) is 10.1 Å². The normalized spacial score (nSPS) is 13.2. The van der Waals surface area contributed by atoms with Crippen molar-refractivity contribution in [3.05, 3.63) is 62.4 Å². The summed E-state index contributed by atoms with van der Waals surface area (Å²) in [4.78, 5) is 52.7. The second-order valence-electron chi connectivity index (χ2n) is 5.73. The molecule has 8 heteroatoms. The first-order chi connectivity index (χ1) is 11.9. The summed E-state index contributed by atoms with van der Waals surface area (Å²) in [6.45, 7) is 0.240. The molecule has 1 N–H and O–H groups in total. The number of nitrogens with one attached hydrogen (secondary N) is 1. The minimum absolute atomic E-state index is 0.0472. The molecule has 2 heterocycles. The topological polar surface area (TPSA) is 103 Å². The van der Waals surface area contributed by atoms with Crippen molar-refractivity contribution >= 4 is 23.1 Å². The molecule has 8 nitrogen and oxygen atoms in total. The standard InChI is InChI=1S/C17H16N4O4/c1-20-11-8-12(22)14(19-13(11)16(24)21(2)17(20)25)15(23)18-9-10-6-4-3-5-7-10/h3-7H,8-9H2,1-2H3,(H,18,23). The van der Waals surface area contributed by atoms with Gasteiger partial charge in [-0.25, -0.2) is 9.79 Å². The molecule has 0 unspecified atom stereocenters. The monoisotopic (exact) mass is 340 g/mol. The minimum Gasteiger partial charge on any atom is -0.347 e. The van der Waals surface area contributed by atoms with Crippen LogP contribution in [0.15, 0.2) is 44.9 Å². The molecule has 128 valence electrons. The molecule has 0 saturated carbocycles. The number of aliphatic imine (C=N–C) groups is 1. The van der Waals surface area contributed by atoms with Gasteiger partial charge < -0.3 is 5.32 Å². The number of ketones is 1. The highest BCUT2D eigenvalue weighted by Gasteiger charge is 2.30. The number of hydrogen-bond donors (Lipinski definition) is 1. The summed E-state index contributed by atoms with van der Waals surface area (Å²) in [5.41, 5.74) is -0.438. The van der Waals surface area contributed by atoms with Gasteiger partial charge in [-0.1, -0.05) is 30.3 Å². The van der Waals surface area contributed by atoms with Crippen LogP contribution in [-0.2, 0) is 36.6 Å². The van der Waals surface area contributed by atoms with E-state index < -0.39 is 22.9 Å². The highest BCUT2D eigenvalue weighted by molar-refractivity contribution is 6.66. The van der Waals surface area contributed by atoms with Crippen LogP contribution < -0.4 is 16.6 Å². The van der Waals surface area contributed by atoms with Crippen molar-refractivity contribution in [3.63, 3.8) is 0 Å². The SMILES string of the molecule is Cn1c2c(c(=O)n(C)c1=O)N=C(C(=O)NCc1ccccc1)C(=O)C2. The number of amides is 1. The quantitative estimate of drug-likeness (QED) is 0.821. The summed E-state index contributed by atoms with van der Waals surface area (Å²) >= 11 is 0. The van der Waals surface area contributed by atoms with E-state index >= 15 is 0 Å². The van der Waals surface area contributed by atoms with E-state index in [4.69, 9.17) is 0 Å². The van der Waals surface area contributed by atoms with E-state index in [1.807, 2.05) is 30.3 Å². The van der Waals surface area contributed by atoms with Crippen molar-refractivity contribution in [3.8, 4) is 0 Å². The van der Waals surface area contributed by atoms with Gasteiger partial charge >= 0.3 is 5.69 Å². The van der Waals surface area contributed by atoms with Crippen molar-refractivity contribution in [2.24, 2.45) is 19.1 Å². The molecule has 2 aromatic rings. The van der Waals surface area contributed by atoms with Crippen LogP contribution in [0, 0.1) is 0 Å². The molecule has 0 fully saturated rings. The smallest absolute Gasteiger partial charge is 0.330 e. The first-order valence-corrected chi connectivity index (χ1v) is 7.63. The van der Waals surface area contributed by atoms with Gasteiger partial charge in [0.25, 0.3) is 11.5 Å². The Morgan fingerprint density at radius 3 is 2.48 bits per heavy atom. The van der Waals surface area contributed by atoms with Gasteiger partial charge in [-0.15, -0.1) is 0 Å². The third-order valence-corrected chi connectivity index (χ3v) is 4.09. The predicted octanol–water partition coefficient (Wildman–Crippen LogP) is -0.402. The molecule has 0 radical (unpaired) electrons. The van der Waals surface area contributed by atoms with E-state index in [0.29, 0.717) is 0 Å². The molecule has 0 aliphatic carbocycles. The molecule has 0 spiro atoms. The zero-order valence-electron chi connectivity index (χ0n) is 13.8. The first-order valence-electron chi connectivity index (χ1n) is 7.63. The molecular weight excluding hydrogens is 324 g/mol. The van der Waals surface area contributed by atoms with Crippen molar-refractivity contribution in [2.75, 3.05) is 0 Å². The average Bonchev–Trinajstić information content (AvgIpc) is 2.63. The molecule has 1 aliphatic heterocycles. The molecular formula is C17H16N4O4. The van der Waals surface area contributed by atoms with E-state index in [1.54, 1.807) is 0 Å². The van der Waals surface area contributed by atoms with Crippen LogP contribution in [0.3, 0.4) is 0 Å². The van der Waals surface area contributed by atoms with E-state index in [-0.39, 0.29) is 30.1 Å². The maximum absolute atomic E-state index is 12.3. The number of fused-ring (bicyclic) bond motifs is 1. The van der Waals surface area contributed by atoms with E-state index in [9.17, 15) is 19.2 Å². The summed E-state index contributed by atoms with van der Waals surface area (Å²) in [5.74, 6) is -1.17. The number of Topliss-reactive ketones (excluding diaryl/α,β-unsaturated/α-hetero) is 1. The molecule has 25 heavy (non-hydrogen) atoms. The van der Waals surface area contributed by atoms with Crippen molar-refractivity contribution < 1.29 is 9.59 Å². The Kier molecular flexibility index (Phi) is 4.18. The van der Waals surface area contributed by atoms with Crippen LogP contribution >= 0.6 is 0 Å². The Hall–Kier alpha value is -3.29. The van der Waals surface area contributed by atoms with Crippen molar-refractivity contribution in [1.82, 2.24) is 14.5 Å². The number of carbonyl (C=O) groups excluding carboxylic acids is 2. The van der Waals surface area contributed by atoms with Crippen LogP contribution in [0.1, 0.15) is 11.3 Å². The number of benzene rings is 1. The zero-order valence-corrected chi connectivity index (χ0v) is 13.8. The number of rotatable bonds is 3. The molecule has 0 saturated heterocycles. The second kappa shape index (κ2) is 6.31. The highest BCUT2D eigenvalue weighted by atomic mass is 16.2. The fraction of sp³-hybridized carbons (Fsp3) is 0.235. The summed E-state index contributed by atoms with van der Waals surface area (Å²) in [7, 11) is 2.79. The number of carbonyl (C=O) groups is 2. The average molecular weight is 340 g/mol. The molecule has 3 rings (SSSR count). The molecule has 1 aromatic carbocycles.